The largest absolute Gasteiger partial charge is 0.302 e. The van der Waals surface area contributed by atoms with E-state index in [-0.39, 0.29) is 0 Å². The zero-order valence-electron chi connectivity index (χ0n) is 23.2. The smallest absolute Gasteiger partial charge is 0.158 e. The molecule has 0 rings (SSSR count). The topological polar surface area (TPSA) is 35.7 Å². The lowest BCUT2D eigenvalue weighted by Crippen LogP contribution is -2.46. The van der Waals surface area contributed by atoms with E-state index in [0.29, 0.717) is 0 Å². The summed E-state index contributed by atoms with van der Waals surface area (Å²) in [6.45, 7) is 10.2. The molecule has 0 radical (unpaired) electrons. The second-order valence-electron chi connectivity index (χ2n) is 10.1. The molecule has 0 aromatic rings. The molecule has 0 aliphatic carbocycles. The van der Waals surface area contributed by atoms with Gasteiger partial charge in [0, 0.05) is 40.8 Å². The Morgan fingerprint density at radius 1 is 0.406 bits per heavy atom. The Labute approximate surface area is 204 Å². The number of unbranched alkanes of at least 4 members (excludes halogenated alkanes) is 15. The van der Waals surface area contributed by atoms with Crippen LogP contribution in [0.25, 0.3) is 0 Å². The molecule has 0 bridgehead atoms. The van der Waals surface area contributed by atoms with Gasteiger partial charge in [-0.1, -0.05) is 117 Å². The van der Waals surface area contributed by atoms with Gasteiger partial charge in [-0.15, -0.1) is 14.0 Å². The van der Waals surface area contributed by atoms with E-state index in [0.717, 1.165) is 19.6 Å². The quantitative estimate of drug-likeness (QED) is 0.113. The fraction of sp³-hybridized carbons (Fsp3) is 1.00. The van der Waals surface area contributed by atoms with Crippen molar-refractivity contribution in [3.8, 4) is 0 Å². The summed E-state index contributed by atoms with van der Waals surface area (Å²) in [7, 11) is 4.93. The molecule has 0 aliphatic heterocycles. The van der Waals surface area contributed by atoms with E-state index in [1.165, 1.54) is 116 Å². The third kappa shape index (κ3) is 14.5. The third-order valence-electron chi connectivity index (χ3n) is 7.01. The minimum atomic E-state index is -1.93. The molecule has 0 spiro atoms. The van der Waals surface area contributed by atoms with Gasteiger partial charge in [0.1, 0.15) is 0 Å². The Kier molecular flexibility index (Phi) is 22.0. The predicted octanol–water partition coefficient (Wildman–Crippen LogP) is 8.50. The maximum Gasteiger partial charge on any atom is 0.302 e. The number of nitrogens with zero attached hydrogens (tertiary/aromatic N) is 3. The molecule has 0 saturated heterocycles. The second kappa shape index (κ2) is 21.8. The van der Waals surface area contributed by atoms with Crippen LogP contribution in [0, 0.1) is 0 Å². The highest BCUT2D eigenvalue weighted by atomic mass is 31.2. The summed E-state index contributed by atoms with van der Waals surface area (Å²) in [5.74, 6) is 0. The van der Waals surface area contributed by atoms with Crippen molar-refractivity contribution in [3.63, 3.8) is 0 Å². The number of rotatable bonds is 24. The van der Waals surface area contributed by atoms with E-state index >= 15 is 0 Å². The highest BCUT2D eigenvalue weighted by molar-refractivity contribution is 7.66. The van der Waals surface area contributed by atoms with E-state index in [2.05, 4.69) is 55.9 Å². The van der Waals surface area contributed by atoms with Crippen LogP contribution in [0.15, 0.2) is 0 Å². The predicted molar refractivity (Wildman–Crippen MR) is 149 cm³/mol. The number of hydrogen-bond acceptors (Lipinski definition) is 4. The van der Waals surface area contributed by atoms with Gasteiger partial charge in [-0.2, -0.15) is 5.50 Å². The average Bonchev–Trinajstić information content (AvgIpc) is 2.79. The molecule has 0 fully saturated rings. The van der Waals surface area contributed by atoms with Gasteiger partial charge in [0.2, 0.25) is 0 Å². The highest BCUT2D eigenvalue weighted by Crippen LogP contribution is 2.58. The lowest BCUT2D eigenvalue weighted by atomic mass is 10.1. The molecule has 0 heterocycles. The van der Waals surface area contributed by atoms with Crippen LogP contribution < -0.4 is 5.50 Å². The monoisotopic (exact) mass is 473 g/mol. The van der Waals surface area contributed by atoms with Crippen molar-refractivity contribution in [2.24, 2.45) is 5.50 Å². The van der Waals surface area contributed by atoms with Gasteiger partial charge in [0.25, 0.3) is 0 Å². The van der Waals surface area contributed by atoms with E-state index in [1.54, 1.807) is 0 Å². The van der Waals surface area contributed by atoms with Crippen molar-refractivity contribution in [2.75, 3.05) is 40.8 Å². The first-order valence-corrected chi connectivity index (χ1v) is 16.0. The van der Waals surface area contributed by atoms with Crippen molar-refractivity contribution in [2.45, 2.75) is 136 Å². The summed E-state index contributed by atoms with van der Waals surface area (Å²) in [4.78, 5) is 0. The van der Waals surface area contributed by atoms with Crippen molar-refractivity contribution in [1.82, 2.24) is 14.0 Å². The first-order chi connectivity index (χ1) is 15.4. The van der Waals surface area contributed by atoms with E-state index < -0.39 is 7.87 Å². The molecule has 0 aliphatic rings. The molecule has 0 atom stereocenters. The van der Waals surface area contributed by atoms with Gasteiger partial charge in [0.15, 0.2) is 0 Å². The Morgan fingerprint density at radius 2 is 0.625 bits per heavy atom. The second-order valence-corrected chi connectivity index (χ2v) is 13.3. The first-order valence-electron chi connectivity index (χ1n) is 14.3. The Morgan fingerprint density at radius 3 is 0.875 bits per heavy atom. The molecule has 0 aromatic carbocycles. The average molecular weight is 474 g/mol. The minimum absolute atomic E-state index is 1.12. The Bertz CT molecular complexity index is 339. The van der Waals surface area contributed by atoms with Crippen LogP contribution in [0.4, 0.5) is 0 Å². The molecule has 2 N–H and O–H groups in total. The van der Waals surface area contributed by atoms with Crippen LogP contribution in [0.2, 0.25) is 0 Å². The molecule has 0 unspecified atom stereocenters. The third-order valence-corrected chi connectivity index (χ3v) is 10.6. The molecule has 0 saturated carbocycles. The maximum absolute atomic E-state index is 7.30. The number of nitrogens with two attached hydrogens (primary N) is 1. The summed E-state index contributed by atoms with van der Waals surface area (Å²) in [6, 6.07) is 0. The van der Waals surface area contributed by atoms with E-state index in [4.69, 9.17) is 5.50 Å². The molecule has 4 nitrogen and oxygen atoms in total. The Hall–Kier alpha value is 0.270. The summed E-state index contributed by atoms with van der Waals surface area (Å²) in [5.41, 5.74) is 7.30. The van der Waals surface area contributed by atoms with Crippen LogP contribution >= 0.6 is 7.87 Å². The van der Waals surface area contributed by atoms with Crippen molar-refractivity contribution >= 4 is 7.87 Å². The molecule has 194 valence electrons. The standard InChI is InChI=1S/C27H62N4P/c1-7-10-13-16-19-22-25-29(4)32(28,30(5)26-23-20-17-14-11-8-2)31(6)27-24-21-18-15-12-9-3/h7-28H2,1-6H3/q+1. The maximum atomic E-state index is 7.30. The summed E-state index contributed by atoms with van der Waals surface area (Å²) in [6.07, 6.45) is 24.2. The molecule has 32 heavy (non-hydrogen) atoms. The van der Waals surface area contributed by atoms with Gasteiger partial charge in [-0.3, -0.25) is 0 Å². The molecular formula is C27H62N4P+. The lowest BCUT2D eigenvalue weighted by molar-refractivity contribution is 0.350. The SMILES string of the molecule is CCCCCCCCN(C)[P+](N)(N(C)CCCCCCCC)N(C)CCCCCCCC. The van der Waals surface area contributed by atoms with Crippen LogP contribution in [0.3, 0.4) is 0 Å². The molecule has 0 amide bonds. The van der Waals surface area contributed by atoms with Crippen molar-refractivity contribution in [3.05, 3.63) is 0 Å². The van der Waals surface area contributed by atoms with Crippen LogP contribution in [-0.4, -0.2) is 54.8 Å². The van der Waals surface area contributed by atoms with Crippen molar-refractivity contribution in [1.29, 1.82) is 0 Å². The summed E-state index contributed by atoms with van der Waals surface area (Å²) >= 11 is 0. The van der Waals surface area contributed by atoms with E-state index in [1.807, 2.05) is 0 Å². The van der Waals surface area contributed by atoms with E-state index in [9.17, 15) is 0 Å². The summed E-state index contributed by atoms with van der Waals surface area (Å²) in [5, 5.41) is 0. The van der Waals surface area contributed by atoms with Gasteiger partial charge in [-0.25, -0.2) is 0 Å². The first kappa shape index (κ1) is 32.3. The van der Waals surface area contributed by atoms with Crippen LogP contribution in [-0.2, 0) is 0 Å². The fourth-order valence-corrected chi connectivity index (χ4v) is 7.46. The Balaban J connectivity index is 4.71. The normalized spacial score (nSPS) is 12.6. The minimum Gasteiger partial charge on any atom is -0.158 e. The van der Waals surface area contributed by atoms with Gasteiger partial charge in [0.05, 0.1) is 0 Å². The van der Waals surface area contributed by atoms with Gasteiger partial charge >= 0.3 is 7.87 Å². The zero-order valence-corrected chi connectivity index (χ0v) is 24.1. The van der Waals surface area contributed by atoms with Crippen LogP contribution in [0.5, 0.6) is 0 Å². The highest BCUT2D eigenvalue weighted by Gasteiger charge is 2.48. The lowest BCUT2D eigenvalue weighted by Gasteiger charge is -2.40. The molecule has 0 aromatic heterocycles. The van der Waals surface area contributed by atoms with Gasteiger partial charge < -0.3 is 0 Å². The molecule has 5 heteroatoms. The summed E-state index contributed by atoms with van der Waals surface area (Å²) < 4.78 is 7.59. The number of hydrogen-bond donors (Lipinski definition) is 1. The zero-order chi connectivity index (χ0) is 24.1. The molecular weight excluding hydrogens is 411 g/mol. The van der Waals surface area contributed by atoms with Crippen molar-refractivity contribution < 1.29 is 0 Å². The van der Waals surface area contributed by atoms with Crippen LogP contribution in [0.1, 0.15) is 136 Å². The van der Waals surface area contributed by atoms with Gasteiger partial charge in [-0.05, 0) is 19.3 Å². The fourth-order valence-electron chi connectivity index (χ4n) is 4.59.